The fourth-order valence-electron chi connectivity index (χ4n) is 2.62. The highest BCUT2D eigenvalue weighted by molar-refractivity contribution is 5.77. The molecule has 4 rings (SSSR count). The van der Waals surface area contributed by atoms with Crippen molar-refractivity contribution in [2.24, 2.45) is 0 Å². The lowest BCUT2D eigenvalue weighted by Gasteiger charge is -2.08. The van der Waals surface area contributed by atoms with Crippen LogP contribution >= 0.6 is 0 Å². The topological polar surface area (TPSA) is 47.8 Å². The fraction of sp³-hybridized carbons (Fsp3) is 0. The molecule has 4 nitrogen and oxygen atoms in total. The standard InChI is InChI=1S/C19H11F2N3O/c20-13-6-9-17(14(21)10-13)24-11-22-16-8-7-15(23-18(16)19(24)25)12-4-2-1-3-5-12/h1-11H. The zero-order valence-electron chi connectivity index (χ0n) is 12.9. The monoisotopic (exact) mass is 335 g/mol. The van der Waals surface area contributed by atoms with Crippen LogP contribution in [0.5, 0.6) is 0 Å². The maximum Gasteiger partial charge on any atom is 0.284 e. The third-order valence-electron chi connectivity index (χ3n) is 3.85. The lowest BCUT2D eigenvalue weighted by molar-refractivity contribution is 0.576. The summed E-state index contributed by atoms with van der Waals surface area (Å²) in [5.74, 6) is -1.56. The van der Waals surface area contributed by atoms with Gasteiger partial charge in [-0.25, -0.2) is 18.7 Å². The van der Waals surface area contributed by atoms with Crippen LogP contribution in [0.2, 0.25) is 0 Å². The van der Waals surface area contributed by atoms with E-state index in [0.29, 0.717) is 11.2 Å². The molecule has 0 N–H and O–H groups in total. The Kier molecular flexibility index (Phi) is 3.57. The van der Waals surface area contributed by atoms with Crippen molar-refractivity contribution in [1.82, 2.24) is 14.5 Å². The van der Waals surface area contributed by atoms with Crippen LogP contribution in [0.4, 0.5) is 8.78 Å². The minimum Gasteiger partial charge on any atom is -0.266 e. The van der Waals surface area contributed by atoms with Crippen molar-refractivity contribution in [3.05, 3.63) is 89.0 Å². The van der Waals surface area contributed by atoms with E-state index in [0.717, 1.165) is 22.3 Å². The molecule has 0 aliphatic rings. The minimum absolute atomic E-state index is 0.0762. The van der Waals surface area contributed by atoms with Gasteiger partial charge in [-0.3, -0.25) is 9.36 Å². The molecule has 122 valence electrons. The average Bonchev–Trinajstić information content (AvgIpc) is 2.63. The smallest absolute Gasteiger partial charge is 0.266 e. The quantitative estimate of drug-likeness (QED) is 0.561. The number of hydrogen-bond donors (Lipinski definition) is 0. The van der Waals surface area contributed by atoms with Gasteiger partial charge in [0.05, 0.1) is 16.9 Å². The van der Waals surface area contributed by atoms with Crippen molar-refractivity contribution in [2.45, 2.75) is 0 Å². The minimum atomic E-state index is -0.845. The van der Waals surface area contributed by atoms with E-state index >= 15 is 0 Å². The van der Waals surface area contributed by atoms with Crippen LogP contribution < -0.4 is 5.56 Å². The lowest BCUT2D eigenvalue weighted by Crippen LogP contribution is -2.21. The summed E-state index contributed by atoms with van der Waals surface area (Å²) in [6, 6.07) is 15.8. The van der Waals surface area contributed by atoms with Gasteiger partial charge in [-0.05, 0) is 24.3 Å². The number of rotatable bonds is 2. The molecule has 2 aromatic heterocycles. The molecule has 0 saturated carbocycles. The highest BCUT2D eigenvalue weighted by Crippen LogP contribution is 2.19. The molecule has 0 aliphatic carbocycles. The van der Waals surface area contributed by atoms with E-state index in [-0.39, 0.29) is 11.2 Å². The van der Waals surface area contributed by atoms with Gasteiger partial charge in [0.1, 0.15) is 18.0 Å². The van der Waals surface area contributed by atoms with Crippen molar-refractivity contribution in [3.63, 3.8) is 0 Å². The molecule has 0 spiro atoms. The fourth-order valence-corrected chi connectivity index (χ4v) is 2.62. The maximum absolute atomic E-state index is 14.0. The number of aromatic nitrogens is 3. The van der Waals surface area contributed by atoms with Gasteiger partial charge in [-0.1, -0.05) is 30.3 Å². The second kappa shape index (κ2) is 5.90. The summed E-state index contributed by atoms with van der Waals surface area (Å²) in [7, 11) is 0. The Hall–Kier alpha value is -3.41. The van der Waals surface area contributed by atoms with E-state index in [1.54, 1.807) is 12.1 Å². The van der Waals surface area contributed by atoms with Crippen molar-refractivity contribution in [2.75, 3.05) is 0 Å². The summed E-state index contributed by atoms with van der Waals surface area (Å²) in [6.45, 7) is 0. The molecular formula is C19H11F2N3O. The highest BCUT2D eigenvalue weighted by Gasteiger charge is 2.12. The molecule has 0 amide bonds. The molecule has 2 heterocycles. The summed E-state index contributed by atoms with van der Waals surface area (Å²) in [5, 5.41) is 0. The van der Waals surface area contributed by atoms with Crippen molar-refractivity contribution in [1.29, 1.82) is 0 Å². The second-order valence-corrected chi connectivity index (χ2v) is 5.45. The molecule has 0 aliphatic heterocycles. The summed E-state index contributed by atoms with van der Waals surface area (Å²) in [4.78, 5) is 21.3. The van der Waals surface area contributed by atoms with Crippen molar-refractivity contribution >= 4 is 11.0 Å². The Morgan fingerprint density at radius 2 is 1.72 bits per heavy atom. The van der Waals surface area contributed by atoms with Gasteiger partial charge in [0.2, 0.25) is 0 Å². The van der Waals surface area contributed by atoms with Gasteiger partial charge in [0, 0.05) is 11.6 Å². The average molecular weight is 335 g/mol. The molecule has 0 unspecified atom stereocenters. The first-order valence-electron chi connectivity index (χ1n) is 7.53. The van der Waals surface area contributed by atoms with Gasteiger partial charge < -0.3 is 0 Å². The predicted molar refractivity (Wildman–Crippen MR) is 90.5 cm³/mol. The van der Waals surface area contributed by atoms with Crippen LogP contribution in [-0.2, 0) is 0 Å². The number of pyridine rings is 1. The number of nitrogens with zero attached hydrogens (tertiary/aromatic N) is 3. The molecule has 4 aromatic rings. The molecule has 2 aromatic carbocycles. The molecule has 0 radical (unpaired) electrons. The molecule has 0 saturated heterocycles. The number of hydrogen-bond acceptors (Lipinski definition) is 3. The second-order valence-electron chi connectivity index (χ2n) is 5.45. The predicted octanol–water partition coefficient (Wildman–Crippen LogP) is 3.73. The van der Waals surface area contributed by atoms with Crippen LogP contribution in [0.15, 0.2) is 71.8 Å². The van der Waals surface area contributed by atoms with Gasteiger partial charge in [-0.2, -0.15) is 0 Å². The van der Waals surface area contributed by atoms with Crippen LogP contribution in [-0.4, -0.2) is 14.5 Å². The first-order chi connectivity index (χ1) is 12.1. The summed E-state index contributed by atoms with van der Waals surface area (Å²) in [6.07, 6.45) is 1.21. The Balaban J connectivity index is 1.94. The summed E-state index contributed by atoms with van der Waals surface area (Å²) in [5.41, 5.74) is 1.40. The van der Waals surface area contributed by atoms with Crippen LogP contribution in [0.3, 0.4) is 0 Å². The van der Waals surface area contributed by atoms with Gasteiger partial charge >= 0.3 is 0 Å². The SMILES string of the molecule is O=c1c2nc(-c3ccccc3)ccc2ncn1-c1ccc(F)cc1F. The third-order valence-corrected chi connectivity index (χ3v) is 3.85. The van der Waals surface area contributed by atoms with E-state index < -0.39 is 17.2 Å². The van der Waals surface area contributed by atoms with E-state index in [2.05, 4.69) is 9.97 Å². The molecule has 0 atom stereocenters. The zero-order chi connectivity index (χ0) is 17.4. The van der Waals surface area contributed by atoms with Crippen LogP contribution in [0.25, 0.3) is 28.0 Å². The van der Waals surface area contributed by atoms with E-state index in [1.165, 1.54) is 12.4 Å². The van der Waals surface area contributed by atoms with Crippen molar-refractivity contribution < 1.29 is 8.78 Å². The number of halogens is 2. The highest BCUT2D eigenvalue weighted by atomic mass is 19.1. The van der Waals surface area contributed by atoms with E-state index in [4.69, 9.17) is 0 Å². The van der Waals surface area contributed by atoms with Gasteiger partial charge in [-0.15, -0.1) is 0 Å². The summed E-state index contributed by atoms with van der Waals surface area (Å²) < 4.78 is 28.1. The molecular weight excluding hydrogens is 324 g/mol. The molecule has 0 fully saturated rings. The van der Waals surface area contributed by atoms with Gasteiger partial charge in [0.15, 0.2) is 5.52 Å². The first-order valence-corrected chi connectivity index (χ1v) is 7.53. The van der Waals surface area contributed by atoms with E-state index in [1.807, 2.05) is 30.3 Å². The van der Waals surface area contributed by atoms with E-state index in [9.17, 15) is 13.6 Å². The molecule has 25 heavy (non-hydrogen) atoms. The Morgan fingerprint density at radius 1 is 0.920 bits per heavy atom. The Bertz CT molecular complexity index is 1140. The van der Waals surface area contributed by atoms with Gasteiger partial charge in [0.25, 0.3) is 5.56 Å². The summed E-state index contributed by atoms with van der Waals surface area (Å²) >= 11 is 0. The number of benzene rings is 2. The molecule has 0 bridgehead atoms. The zero-order valence-corrected chi connectivity index (χ0v) is 12.9. The lowest BCUT2D eigenvalue weighted by atomic mass is 10.1. The number of fused-ring (bicyclic) bond motifs is 1. The largest absolute Gasteiger partial charge is 0.284 e. The third kappa shape index (κ3) is 2.67. The maximum atomic E-state index is 14.0. The Labute approximate surface area is 141 Å². The van der Waals surface area contributed by atoms with Crippen molar-refractivity contribution in [3.8, 4) is 16.9 Å². The van der Waals surface area contributed by atoms with Crippen LogP contribution in [0, 0.1) is 11.6 Å². The normalized spacial score (nSPS) is 11.0. The molecule has 6 heteroatoms. The Morgan fingerprint density at radius 3 is 2.48 bits per heavy atom. The first kappa shape index (κ1) is 15.1. The van der Waals surface area contributed by atoms with Crippen LogP contribution in [0.1, 0.15) is 0 Å².